The minimum absolute atomic E-state index is 0.0858. The van der Waals surface area contributed by atoms with Crippen LogP contribution in [0.2, 0.25) is 0 Å². The molecule has 0 radical (unpaired) electrons. The zero-order valence-corrected chi connectivity index (χ0v) is 16.8. The van der Waals surface area contributed by atoms with Gasteiger partial charge in [0, 0.05) is 16.7 Å². The van der Waals surface area contributed by atoms with Gasteiger partial charge in [0.1, 0.15) is 17.3 Å². The zero-order valence-electron chi connectivity index (χ0n) is 15.2. The lowest BCUT2D eigenvalue weighted by molar-refractivity contribution is -0.145. The Balaban J connectivity index is 1.39. The molecule has 6 nitrogen and oxygen atoms in total. The molecule has 0 atom stereocenters. The second kappa shape index (κ2) is 7.90. The van der Waals surface area contributed by atoms with Crippen LogP contribution < -0.4 is 5.56 Å². The number of hydrogen-bond acceptors (Lipinski definition) is 7. The molecule has 1 N–H and O–H groups in total. The Morgan fingerprint density at radius 1 is 1.30 bits per heavy atom. The molecule has 4 rings (SSSR count). The highest BCUT2D eigenvalue weighted by molar-refractivity contribution is 7.18. The van der Waals surface area contributed by atoms with E-state index in [0.29, 0.717) is 12.2 Å². The molecule has 3 aromatic heterocycles. The van der Waals surface area contributed by atoms with Gasteiger partial charge in [0.15, 0.2) is 0 Å². The van der Waals surface area contributed by atoms with Crippen molar-refractivity contribution in [3.63, 3.8) is 0 Å². The van der Waals surface area contributed by atoms with Gasteiger partial charge in [-0.15, -0.1) is 22.7 Å². The predicted octanol–water partition coefficient (Wildman–Crippen LogP) is 3.56. The van der Waals surface area contributed by atoms with E-state index >= 15 is 0 Å². The van der Waals surface area contributed by atoms with Crippen molar-refractivity contribution < 1.29 is 9.53 Å². The highest BCUT2D eigenvalue weighted by atomic mass is 32.1. The van der Waals surface area contributed by atoms with Gasteiger partial charge in [-0.1, -0.05) is 6.92 Å². The summed E-state index contributed by atoms with van der Waals surface area (Å²) in [4.78, 5) is 38.4. The zero-order chi connectivity index (χ0) is 18.8. The number of thiophene rings is 1. The van der Waals surface area contributed by atoms with Gasteiger partial charge in [0.25, 0.3) is 5.56 Å². The normalized spacial score (nSPS) is 13.7. The van der Waals surface area contributed by atoms with E-state index in [0.717, 1.165) is 46.6 Å². The van der Waals surface area contributed by atoms with E-state index in [1.807, 2.05) is 12.3 Å². The van der Waals surface area contributed by atoms with Crippen LogP contribution in [0.1, 0.15) is 53.2 Å². The Kier molecular flexibility index (Phi) is 5.36. The number of fused-ring (bicyclic) bond motifs is 3. The molecule has 0 aromatic carbocycles. The van der Waals surface area contributed by atoms with Crippen molar-refractivity contribution >= 4 is 38.9 Å². The number of aryl methyl sites for hydroxylation is 4. The summed E-state index contributed by atoms with van der Waals surface area (Å²) >= 11 is 3.19. The third kappa shape index (κ3) is 3.96. The first-order chi connectivity index (χ1) is 13.1. The first kappa shape index (κ1) is 18.3. The number of carbonyl (C=O) groups is 1. The molecule has 1 aliphatic rings. The quantitative estimate of drug-likeness (QED) is 0.636. The monoisotopic (exact) mass is 403 g/mol. The molecule has 0 saturated carbocycles. The maximum atomic E-state index is 12.5. The number of carbonyl (C=O) groups excluding carboxylic acids is 1. The van der Waals surface area contributed by atoms with Crippen LogP contribution in [0.25, 0.3) is 10.2 Å². The minimum atomic E-state index is -0.311. The molecule has 1 aliphatic carbocycles. The van der Waals surface area contributed by atoms with Crippen LogP contribution in [-0.2, 0) is 41.8 Å². The molecule has 0 amide bonds. The van der Waals surface area contributed by atoms with Crippen molar-refractivity contribution in [2.45, 2.75) is 58.5 Å². The number of aromatic nitrogens is 3. The van der Waals surface area contributed by atoms with Crippen molar-refractivity contribution in [2.24, 2.45) is 0 Å². The Hall–Kier alpha value is -2.06. The fourth-order valence-corrected chi connectivity index (χ4v) is 5.36. The van der Waals surface area contributed by atoms with Gasteiger partial charge in [-0.25, -0.2) is 9.97 Å². The molecule has 27 heavy (non-hydrogen) atoms. The molecule has 0 aliphatic heterocycles. The Labute approximate surface area is 164 Å². The Morgan fingerprint density at radius 2 is 2.15 bits per heavy atom. The second-order valence-electron chi connectivity index (χ2n) is 6.65. The van der Waals surface area contributed by atoms with E-state index in [1.165, 1.54) is 16.9 Å². The fraction of sp³-hybridized carbons (Fsp3) is 0.474. The first-order valence-corrected chi connectivity index (χ1v) is 11.0. The number of hydrogen-bond donors (Lipinski definition) is 1. The van der Waals surface area contributed by atoms with E-state index in [1.54, 1.807) is 22.7 Å². The average molecular weight is 404 g/mol. The molecule has 3 aromatic rings. The van der Waals surface area contributed by atoms with Crippen LogP contribution in [0, 0.1) is 0 Å². The standard InChI is InChI=1S/C19H21N3O3S2/c1-2-15-20-11(10-26-15)9-25-16(23)8-7-14-21-18(24)17-12-5-3-4-6-13(12)27-19(17)22-14/h10H,2-9H2,1H3,(H,21,22,24). The fourth-order valence-electron chi connectivity index (χ4n) is 3.35. The van der Waals surface area contributed by atoms with Crippen molar-refractivity contribution in [1.82, 2.24) is 15.0 Å². The highest BCUT2D eigenvalue weighted by Crippen LogP contribution is 2.33. The Morgan fingerprint density at radius 3 is 2.96 bits per heavy atom. The van der Waals surface area contributed by atoms with Crippen LogP contribution >= 0.6 is 22.7 Å². The molecule has 8 heteroatoms. The largest absolute Gasteiger partial charge is 0.459 e. The number of aromatic amines is 1. The van der Waals surface area contributed by atoms with Crippen LogP contribution in [0.3, 0.4) is 0 Å². The van der Waals surface area contributed by atoms with Crippen molar-refractivity contribution in [1.29, 1.82) is 0 Å². The van der Waals surface area contributed by atoms with Crippen molar-refractivity contribution in [3.8, 4) is 0 Å². The summed E-state index contributed by atoms with van der Waals surface area (Å²) in [5.41, 5.74) is 1.87. The topological polar surface area (TPSA) is 84.9 Å². The molecule has 0 spiro atoms. The van der Waals surface area contributed by atoms with Crippen LogP contribution in [0.4, 0.5) is 0 Å². The van der Waals surface area contributed by atoms with E-state index in [-0.39, 0.29) is 24.6 Å². The number of thiazole rings is 1. The lowest BCUT2D eigenvalue weighted by atomic mass is 9.97. The molecule has 0 unspecified atom stereocenters. The summed E-state index contributed by atoms with van der Waals surface area (Å²) in [6, 6.07) is 0. The number of H-pyrrole nitrogens is 1. The van der Waals surface area contributed by atoms with E-state index in [4.69, 9.17) is 4.74 Å². The minimum Gasteiger partial charge on any atom is -0.459 e. The number of ether oxygens (including phenoxy) is 1. The Bertz CT molecular complexity index is 1030. The number of rotatable bonds is 6. The SMILES string of the molecule is CCc1nc(COC(=O)CCc2nc3sc4c(c3c(=O)[nH]2)CCCC4)cs1. The van der Waals surface area contributed by atoms with E-state index in [9.17, 15) is 9.59 Å². The summed E-state index contributed by atoms with van der Waals surface area (Å²) in [7, 11) is 0. The lowest BCUT2D eigenvalue weighted by Gasteiger charge is -2.09. The smallest absolute Gasteiger partial charge is 0.306 e. The number of nitrogens with one attached hydrogen (secondary N) is 1. The van der Waals surface area contributed by atoms with Crippen molar-refractivity contribution in [3.05, 3.63) is 42.7 Å². The van der Waals surface area contributed by atoms with Gasteiger partial charge in [-0.05, 0) is 37.7 Å². The summed E-state index contributed by atoms with van der Waals surface area (Å²) < 4.78 is 5.28. The highest BCUT2D eigenvalue weighted by Gasteiger charge is 2.20. The molecule has 3 heterocycles. The van der Waals surface area contributed by atoms with Gasteiger partial charge in [0.05, 0.1) is 22.5 Å². The average Bonchev–Trinajstić information content (AvgIpc) is 3.28. The van der Waals surface area contributed by atoms with E-state index in [2.05, 4.69) is 15.0 Å². The van der Waals surface area contributed by atoms with Gasteiger partial charge in [0.2, 0.25) is 0 Å². The van der Waals surface area contributed by atoms with Crippen LogP contribution in [-0.4, -0.2) is 20.9 Å². The van der Waals surface area contributed by atoms with Crippen LogP contribution in [0.5, 0.6) is 0 Å². The predicted molar refractivity (Wildman–Crippen MR) is 106 cm³/mol. The second-order valence-corrected chi connectivity index (χ2v) is 8.68. The first-order valence-electron chi connectivity index (χ1n) is 9.26. The van der Waals surface area contributed by atoms with Gasteiger partial charge >= 0.3 is 5.97 Å². The molecular weight excluding hydrogens is 382 g/mol. The lowest BCUT2D eigenvalue weighted by Crippen LogP contribution is -2.14. The van der Waals surface area contributed by atoms with Crippen LogP contribution in [0.15, 0.2) is 10.2 Å². The molecule has 142 valence electrons. The summed E-state index contributed by atoms with van der Waals surface area (Å²) in [5, 5.41) is 3.70. The number of esters is 1. The van der Waals surface area contributed by atoms with Gasteiger partial charge in [-0.3, -0.25) is 9.59 Å². The molecule has 0 fully saturated rings. The molecule has 0 saturated heterocycles. The maximum absolute atomic E-state index is 12.5. The maximum Gasteiger partial charge on any atom is 0.306 e. The third-order valence-electron chi connectivity index (χ3n) is 4.72. The molecule has 0 bridgehead atoms. The van der Waals surface area contributed by atoms with E-state index < -0.39 is 0 Å². The molecular formula is C19H21N3O3S2. The summed E-state index contributed by atoms with van der Waals surface area (Å²) in [5.74, 6) is 0.235. The van der Waals surface area contributed by atoms with Gasteiger partial charge < -0.3 is 9.72 Å². The van der Waals surface area contributed by atoms with Gasteiger partial charge in [-0.2, -0.15) is 0 Å². The van der Waals surface area contributed by atoms with Crippen molar-refractivity contribution in [2.75, 3.05) is 0 Å². The third-order valence-corrected chi connectivity index (χ3v) is 6.95. The summed E-state index contributed by atoms with van der Waals surface area (Å²) in [6.07, 6.45) is 5.73. The number of nitrogens with zero attached hydrogens (tertiary/aromatic N) is 2. The summed E-state index contributed by atoms with van der Waals surface area (Å²) in [6.45, 7) is 2.24.